The third-order valence-electron chi connectivity index (χ3n) is 10.9. The van der Waals surface area contributed by atoms with Crippen molar-refractivity contribution in [1.82, 2.24) is 0 Å². The van der Waals surface area contributed by atoms with Gasteiger partial charge < -0.3 is 9.32 Å². The number of fused-ring (bicyclic) bond motifs is 8. The highest BCUT2D eigenvalue weighted by Gasteiger charge is 2.22. The molecule has 0 fully saturated rings. The van der Waals surface area contributed by atoms with Crippen LogP contribution in [0.2, 0.25) is 0 Å². The molecule has 9 aromatic carbocycles. The summed E-state index contributed by atoms with van der Waals surface area (Å²) in [5, 5.41) is 7.05. The van der Waals surface area contributed by atoms with Gasteiger partial charge in [-0.15, -0.1) is 11.3 Å². The van der Waals surface area contributed by atoms with Crippen molar-refractivity contribution in [3.05, 3.63) is 200 Å². The van der Waals surface area contributed by atoms with Crippen LogP contribution in [0.5, 0.6) is 0 Å². The summed E-state index contributed by atoms with van der Waals surface area (Å²) in [4.78, 5) is 2.36. The van der Waals surface area contributed by atoms with Gasteiger partial charge in [-0.05, 0) is 87.3 Å². The van der Waals surface area contributed by atoms with Gasteiger partial charge in [-0.3, -0.25) is 0 Å². The number of nitrogens with zero attached hydrogens (tertiary/aromatic N) is 1. The predicted octanol–water partition coefficient (Wildman–Crippen LogP) is 15.6. The van der Waals surface area contributed by atoms with Crippen LogP contribution in [0.15, 0.2) is 205 Å². The number of hydrogen-bond acceptors (Lipinski definition) is 3. The van der Waals surface area contributed by atoms with Crippen LogP contribution in [0.1, 0.15) is 0 Å². The van der Waals surface area contributed by atoms with Crippen LogP contribution in [-0.4, -0.2) is 0 Å². The first kappa shape index (κ1) is 31.6. The first-order valence-corrected chi connectivity index (χ1v) is 19.5. The van der Waals surface area contributed by atoms with E-state index in [1.54, 1.807) is 0 Å². The fourth-order valence-corrected chi connectivity index (χ4v) is 9.37. The van der Waals surface area contributed by atoms with E-state index in [0.717, 1.165) is 44.4 Å². The van der Waals surface area contributed by atoms with E-state index < -0.39 is 0 Å². The third-order valence-corrected chi connectivity index (χ3v) is 12.0. The summed E-state index contributed by atoms with van der Waals surface area (Å²) in [7, 11) is 0. The normalized spacial score (nSPS) is 11.6. The molecule has 0 N–H and O–H groups in total. The summed E-state index contributed by atoms with van der Waals surface area (Å²) in [5.74, 6) is 0. The van der Waals surface area contributed by atoms with Crippen LogP contribution >= 0.6 is 11.3 Å². The fraction of sp³-hybridized carbons (Fsp3) is 0. The van der Waals surface area contributed by atoms with Crippen LogP contribution in [0.25, 0.3) is 86.3 Å². The summed E-state index contributed by atoms with van der Waals surface area (Å²) >= 11 is 1.84. The van der Waals surface area contributed by atoms with Gasteiger partial charge in [0.2, 0.25) is 0 Å². The summed E-state index contributed by atoms with van der Waals surface area (Å²) in [5.41, 5.74) is 12.1. The van der Waals surface area contributed by atoms with E-state index in [2.05, 4.69) is 205 Å². The maximum Gasteiger partial charge on any atom is 0.159 e. The number of benzene rings is 9. The lowest BCUT2D eigenvalue weighted by atomic mass is 9.93. The summed E-state index contributed by atoms with van der Waals surface area (Å²) in [6.45, 7) is 0. The van der Waals surface area contributed by atoms with E-state index in [1.807, 2.05) is 11.3 Å². The minimum Gasteiger partial charge on any atom is -0.453 e. The fourth-order valence-electron chi connectivity index (χ4n) is 8.23. The van der Waals surface area contributed by atoms with Gasteiger partial charge in [0, 0.05) is 47.7 Å². The Hall–Kier alpha value is -6.94. The number of rotatable bonds is 6. The number of furan rings is 1. The standard InChI is InChI=1S/C52H33NOS/c1-3-13-34(14-4-1)36-25-27-39(28-26-36)53(40-29-30-43-42-20-9-10-24-49(42)55-50(43)32-40)48-23-12-22-45-47-33-46(41-19-7-8-21-44(41)51(47)54-52(45)48)38-18-11-17-37(31-38)35-15-5-2-6-16-35/h1-33H. The largest absolute Gasteiger partial charge is 0.453 e. The molecule has 0 aliphatic heterocycles. The molecule has 0 spiro atoms. The number of thiophene rings is 1. The summed E-state index contributed by atoms with van der Waals surface area (Å²) in [6.07, 6.45) is 0. The molecule has 2 nitrogen and oxygen atoms in total. The SMILES string of the molecule is c1ccc(-c2ccc(N(c3ccc4c(c3)sc3ccccc34)c3cccc4c3oc3c5ccccc5c(-c5cccc(-c6ccccc6)c5)cc43)cc2)cc1. The lowest BCUT2D eigenvalue weighted by Crippen LogP contribution is -2.10. The quantitative estimate of drug-likeness (QED) is 0.170. The molecule has 0 aliphatic rings. The zero-order valence-electron chi connectivity index (χ0n) is 29.8. The molecule has 2 heterocycles. The Bertz CT molecular complexity index is 3190. The van der Waals surface area contributed by atoms with Crippen molar-refractivity contribution in [2.45, 2.75) is 0 Å². The summed E-state index contributed by atoms with van der Waals surface area (Å²) in [6, 6.07) is 72.0. The average molecular weight is 720 g/mol. The molecule has 0 saturated carbocycles. The molecule has 0 atom stereocenters. The van der Waals surface area contributed by atoms with Gasteiger partial charge in [-0.25, -0.2) is 0 Å². The smallest absolute Gasteiger partial charge is 0.159 e. The maximum atomic E-state index is 7.09. The molecule has 55 heavy (non-hydrogen) atoms. The Morgan fingerprint density at radius 3 is 1.69 bits per heavy atom. The van der Waals surface area contributed by atoms with Crippen molar-refractivity contribution in [2.24, 2.45) is 0 Å². The first-order valence-electron chi connectivity index (χ1n) is 18.7. The highest BCUT2D eigenvalue weighted by molar-refractivity contribution is 7.25. The molecule has 11 rings (SSSR count). The van der Waals surface area contributed by atoms with Gasteiger partial charge in [0.1, 0.15) is 5.58 Å². The van der Waals surface area contributed by atoms with Crippen molar-refractivity contribution in [2.75, 3.05) is 4.90 Å². The van der Waals surface area contributed by atoms with E-state index in [-0.39, 0.29) is 0 Å². The van der Waals surface area contributed by atoms with E-state index in [9.17, 15) is 0 Å². The molecule has 11 aromatic rings. The lowest BCUT2D eigenvalue weighted by Gasteiger charge is -2.26. The molecule has 0 unspecified atom stereocenters. The molecule has 0 radical (unpaired) electrons. The van der Waals surface area contributed by atoms with E-state index in [0.29, 0.717) is 0 Å². The molecular weight excluding hydrogens is 687 g/mol. The number of para-hydroxylation sites is 1. The van der Waals surface area contributed by atoms with Crippen LogP contribution in [0.4, 0.5) is 17.1 Å². The Morgan fingerprint density at radius 2 is 0.891 bits per heavy atom. The van der Waals surface area contributed by atoms with Gasteiger partial charge >= 0.3 is 0 Å². The van der Waals surface area contributed by atoms with Gasteiger partial charge in [0.05, 0.1) is 5.69 Å². The van der Waals surface area contributed by atoms with E-state index in [1.165, 1.54) is 58.9 Å². The Morgan fingerprint density at radius 1 is 0.327 bits per heavy atom. The topological polar surface area (TPSA) is 16.4 Å². The van der Waals surface area contributed by atoms with E-state index >= 15 is 0 Å². The zero-order chi connectivity index (χ0) is 36.3. The maximum absolute atomic E-state index is 7.09. The molecule has 0 bridgehead atoms. The monoisotopic (exact) mass is 719 g/mol. The van der Waals surface area contributed by atoms with Gasteiger partial charge in [0.25, 0.3) is 0 Å². The lowest BCUT2D eigenvalue weighted by molar-refractivity contribution is 0.673. The minimum atomic E-state index is 0.862. The van der Waals surface area contributed by atoms with Gasteiger partial charge in [-0.2, -0.15) is 0 Å². The second-order valence-electron chi connectivity index (χ2n) is 14.1. The Kier molecular flexibility index (Phi) is 7.39. The van der Waals surface area contributed by atoms with Crippen molar-refractivity contribution >= 4 is 81.3 Å². The van der Waals surface area contributed by atoms with Crippen molar-refractivity contribution < 1.29 is 4.42 Å². The third kappa shape index (κ3) is 5.32. The number of anilines is 3. The van der Waals surface area contributed by atoms with Crippen LogP contribution in [0, 0.1) is 0 Å². The van der Waals surface area contributed by atoms with E-state index in [4.69, 9.17) is 4.42 Å². The minimum absolute atomic E-state index is 0.862. The van der Waals surface area contributed by atoms with Crippen LogP contribution < -0.4 is 4.90 Å². The highest BCUT2D eigenvalue weighted by Crippen LogP contribution is 2.47. The predicted molar refractivity (Wildman–Crippen MR) is 235 cm³/mol. The molecular formula is C52H33NOS. The molecule has 0 amide bonds. The molecule has 0 aliphatic carbocycles. The molecule has 258 valence electrons. The highest BCUT2D eigenvalue weighted by atomic mass is 32.1. The van der Waals surface area contributed by atoms with Crippen molar-refractivity contribution in [1.29, 1.82) is 0 Å². The van der Waals surface area contributed by atoms with Crippen molar-refractivity contribution in [3.8, 4) is 33.4 Å². The second-order valence-corrected chi connectivity index (χ2v) is 15.2. The van der Waals surface area contributed by atoms with Crippen LogP contribution in [-0.2, 0) is 0 Å². The van der Waals surface area contributed by atoms with Crippen molar-refractivity contribution in [3.63, 3.8) is 0 Å². The Balaban J connectivity index is 1.13. The first-order chi connectivity index (χ1) is 27.3. The number of hydrogen-bond donors (Lipinski definition) is 0. The van der Waals surface area contributed by atoms with Crippen LogP contribution in [0.3, 0.4) is 0 Å². The second kappa shape index (κ2) is 12.9. The average Bonchev–Trinajstić information content (AvgIpc) is 3.83. The summed E-state index contributed by atoms with van der Waals surface area (Å²) < 4.78 is 9.65. The molecule has 2 aromatic heterocycles. The molecule has 0 saturated heterocycles. The molecule has 3 heteroatoms. The Labute approximate surface area is 322 Å². The van der Waals surface area contributed by atoms with Gasteiger partial charge in [-0.1, -0.05) is 152 Å². The van der Waals surface area contributed by atoms with Gasteiger partial charge in [0.15, 0.2) is 5.58 Å². The zero-order valence-corrected chi connectivity index (χ0v) is 30.6.